The van der Waals surface area contributed by atoms with E-state index in [1.807, 2.05) is 0 Å². The quantitative estimate of drug-likeness (QED) is 0.303. The van der Waals surface area contributed by atoms with Crippen LogP contribution in [0, 0.1) is 0 Å². The Hall–Kier alpha value is -2.99. The first-order chi connectivity index (χ1) is 16.9. The van der Waals surface area contributed by atoms with Crippen LogP contribution in [0.4, 0.5) is 4.39 Å². The van der Waals surface area contributed by atoms with Crippen molar-refractivity contribution in [3.63, 3.8) is 0 Å². The van der Waals surface area contributed by atoms with Gasteiger partial charge in [-0.2, -0.15) is 0 Å². The van der Waals surface area contributed by atoms with Gasteiger partial charge in [0.15, 0.2) is 11.9 Å². The lowest BCUT2D eigenvalue weighted by atomic mass is 9.98. The minimum absolute atomic E-state index is 0.164. The van der Waals surface area contributed by atoms with Crippen molar-refractivity contribution >= 4 is 14.1 Å². The molecule has 3 rings (SSSR count). The van der Waals surface area contributed by atoms with Crippen LogP contribution in [-0.4, -0.2) is 57.3 Å². The average Bonchev–Trinajstić information content (AvgIpc) is 3.01. The number of benzene rings is 1. The Bertz CT molecular complexity index is 1190. The maximum absolute atomic E-state index is 15.3. The number of alkyl halides is 1. The van der Waals surface area contributed by atoms with Crippen LogP contribution >= 0.6 is 8.18 Å². The number of aromatic nitrogens is 2. The summed E-state index contributed by atoms with van der Waals surface area (Å²) >= 11 is 0. The molecule has 12 nitrogen and oxygen atoms in total. The zero-order chi connectivity index (χ0) is 26.6. The van der Waals surface area contributed by atoms with Crippen LogP contribution in [0.3, 0.4) is 0 Å². The standard InChI is InChI=1S/C22H29FN3O9P/c1-12(2)33-19(29)13(3)25-36(31)35-15-7-5-6-14(10-15)32-11-16-18(28)22(4,23)20(34-16)26-17(27)8-9-24-21(26)30/h5-10,12-13,16,18,20,28,36H,11H2,1-4H3,(H,24,30)(H,25,31)/t13-,16+,18+,20+,22+/m0/s1. The number of H-pyrrole nitrogens is 1. The van der Waals surface area contributed by atoms with Gasteiger partial charge in [-0.1, -0.05) is 6.07 Å². The first-order valence-electron chi connectivity index (χ1n) is 11.1. The molecule has 1 aliphatic heterocycles. The number of carbonyl (C=O) groups excluding carboxylic acids is 1. The normalized spacial score (nSPS) is 25.4. The van der Waals surface area contributed by atoms with Crippen molar-refractivity contribution in [2.75, 3.05) is 6.61 Å². The monoisotopic (exact) mass is 529 g/mol. The molecule has 198 valence electrons. The number of carbonyl (C=O) groups is 1. The fourth-order valence-electron chi connectivity index (χ4n) is 3.49. The van der Waals surface area contributed by atoms with Gasteiger partial charge in [-0.3, -0.25) is 14.2 Å². The maximum atomic E-state index is 15.3. The van der Waals surface area contributed by atoms with E-state index in [1.54, 1.807) is 26.0 Å². The number of esters is 1. The molecule has 0 aliphatic carbocycles. The van der Waals surface area contributed by atoms with E-state index >= 15 is 4.39 Å². The lowest BCUT2D eigenvalue weighted by Gasteiger charge is -2.24. The molecule has 0 spiro atoms. The summed E-state index contributed by atoms with van der Waals surface area (Å²) in [4.78, 5) is 38.3. The van der Waals surface area contributed by atoms with E-state index in [2.05, 4.69) is 10.1 Å². The Morgan fingerprint density at radius 2 is 2.00 bits per heavy atom. The molecule has 0 amide bonds. The molecule has 1 fully saturated rings. The van der Waals surface area contributed by atoms with E-state index in [-0.39, 0.29) is 24.2 Å². The van der Waals surface area contributed by atoms with Crippen molar-refractivity contribution in [3.8, 4) is 11.5 Å². The van der Waals surface area contributed by atoms with Crippen LogP contribution < -0.4 is 25.6 Å². The molecule has 1 unspecified atom stereocenters. The first kappa shape index (κ1) is 27.6. The van der Waals surface area contributed by atoms with E-state index < -0.39 is 55.5 Å². The van der Waals surface area contributed by atoms with E-state index in [4.69, 9.17) is 18.7 Å². The second-order valence-corrected chi connectivity index (χ2v) is 9.71. The van der Waals surface area contributed by atoms with Crippen LogP contribution in [0.5, 0.6) is 11.5 Å². The molecule has 1 aliphatic rings. The Kier molecular flexibility index (Phi) is 8.72. The minimum Gasteiger partial charge on any atom is -0.491 e. The second kappa shape index (κ2) is 11.4. The third-order valence-electron chi connectivity index (χ3n) is 5.31. The molecule has 0 saturated carbocycles. The highest BCUT2D eigenvalue weighted by atomic mass is 31.1. The number of aliphatic hydroxyl groups excluding tert-OH is 1. The lowest BCUT2D eigenvalue weighted by molar-refractivity contribution is -0.148. The molecule has 2 aromatic rings. The van der Waals surface area contributed by atoms with Crippen molar-refractivity contribution in [3.05, 3.63) is 57.4 Å². The van der Waals surface area contributed by atoms with Crippen LogP contribution in [0.15, 0.2) is 46.1 Å². The molecule has 3 N–H and O–H groups in total. The SMILES string of the molecule is CC(C)OC(=O)[C@H](C)N[PH](=O)Oc1cccc(OC[C@H]2O[C@@H](n3c(=O)cc[nH]c3=O)[C@](C)(F)[C@@H]2O)c1. The Morgan fingerprint density at radius 1 is 1.31 bits per heavy atom. The number of ether oxygens (including phenoxy) is 3. The van der Waals surface area contributed by atoms with Gasteiger partial charge in [-0.25, -0.2) is 18.8 Å². The highest BCUT2D eigenvalue weighted by Gasteiger charge is 2.56. The summed E-state index contributed by atoms with van der Waals surface area (Å²) in [5, 5.41) is 13.0. The van der Waals surface area contributed by atoms with Gasteiger partial charge >= 0.3 is 19.8 Å². The molecule has 2 heterocycles. The molecule has 1 aromatic carbocycles. The molecule has 6 atom stereocenters. The van der Waals surface area contributed by atoms with Crippen LogP contribution in [0.1, 0.15) is 33.9 Å². The fraction of sp³-hybridized carbons (Fsp3) is 0.500. The highest BCUT2D eigenvalue weighted by Crippen LogP contribution is 2.40. The Labute approximate surface area is 206 Å². The van der Waals surface area contributed by atoms with E-state index in [9.17, 15) is 24.1 Å². The molecule has 0 bridgehead atoms. The average molecular weight is 529 g/mol. The highest BCUT2D eigenvalue weighted by molar-refractivity contribution is 7.37. The van der Waals surface area contributed by atoms with Crippen molar-refractivity contribution < 1.29 is 37.6 Å². The number of aliphatic hydroxyl groups is 1. The number of aromatic amines is 1. The Morgan fingerprint density at radius 3 is 2.67 bits per heavy atom. The van der Waals surface area contributed by atoms with Crippen molar-refractivity contribution in [1.82, 2.24) is 14.6 Å². The van der Waals surface area contributed by atoms with E-state index in [0.717, 1.165) is 19.2 Å². The first-order valence-corrected chi connectivity index (χ1v) is 12.5. The van der Waals surface area contributed by atoms with Gasteiger partial charge in [0.05, 0.1) is 6.10 Å². The van der Waals surface area contributed by atoms with Crippen LogP contribution in [-0.2, 0) is 18.8 Å². The predicted octanol–water partition coefficient (Wildman–Crippen LogP) is 1.30. The molecule has 14 heteroatoms. The van der Waals surface area contributed by atoms with Crippen molar-refractivity contribution in [1.29, 1.82) is 0 Å². The van der Waals surface area contributed by atoms with Gasteiger partial charge in [-0.05, 0) is 39.8 Å². The third-order valence-corrected chi connectivity index (χ3v) is 6.40. The summed E-state index contributed by atoms with van der Waals surface area (Å²) in [6, 6.07) is 6.19. The van der Waals surface area contributed by atoms with Gasteiger partial charge in [-0.15, -0.1) is 0 Å². The summed E-state index contributed by atoms with van der Waals surface area (Å²) in [7, 11) is -2.87. The van der Waals surface area contributed by atoms with Gasteiger partial charge in [0, 0.05) is 18.3 Å². The number of hydrogen-bond donors (Lipinski definition) is 3. The summed E-state index contributed by atoms with van der Waals surface area (Å²) in [6.45, 7) is 5.58. The zero-order valence-corrected chi connectivity index (χ0v) is 21.1. The second-order valence-electron chi connectivity index (χ2n) is 8.64. The summed E-state index contributed by atoms with van der Waals surface area (Å²) in [6.07, 6.45) is -3.79. The number of halogens is 1. The van der Waals surface area contributed by atoms with Gasteiger partial charge < -0.3 is 28.8 Å². The van der Waals surface area contributed by atoms with E-state index in [1.165, 1.54) is 19.1 Å². The number of hydrogen-bond acceptors (Lipinski definition) is 9. The number of nitrogens with zero attached hydrogens (tertiary/aromatic N) is 1. The molecular formula is C22H29FN3O9P. The fourth-order valence-corrected chi connectivity index (χ4v) is 4.37. The molecule has 1 saturated heterocycles. The third kappa shape index (κ3) is 6.41. The van der Waals surface area contributed by atoms with Crippen molar-refractivity contribution in [2.24, 2.45) is 0 Å². The molecule has 1 aromatic heterocycles. The molecule has 36 heavy (non-hydrogen) atoms. The van der Waals surface area contributed by atoms with Gasteiger partial charge in [0.1, 0.15) is 36.4 Å². The maximum Gasteiger partial charge on any atom is 0.330 e. The van der Waals surface area contributed by atoms with Crippen LogP contribution in [0.2, 0.25) is 0 Å². The summed E-state index contributed by atoms with van der Waals surface area (Å²) in [5.41, 5.74) is -4.14. The smallest absolute Gasteiger partial charge is 0.330 e. The van der Waals surface area contributed by atoms with Crippen molar-refractivity contribution in [2.45, 2.75) is 63.9 Å². The van der Waals surface area contributed by atoms with Gasteiger partial charge in [0.2, 0.25) is 0 Å². The predicted molar refractivity (Wildman–Crippen MR) is 126 cm³/mol. The summed E-state index contributed by atoms with van der Waals surface area (Å²) < 4.78 is 49.6. The molecule has 0 radical (unpaired) electrons. The topological polar surface area (TPSA) is 158 Å². The minimum atomic E-state index is -2.87. The lowest BCUT2D eigenvalue weighted by Crippen LogP contribution is -2.46. The van der Waals surface area contributed by atoms with E-state index in [0.29, 0.717) is 4.57 Å². The number of nitrogens with one attached hydrogen (secondary N) is 2. The summed E-state index contributed by atoms with van der Waals surface area (Å²) in [5.74, 6) is -0.182. The largest absolute Gasteiger partial charge is 0.491 e. The number of rotatable bonds is 10. The Balaban J connectivity index is 1.62. The molecular weight excluding hydrogens is 500 g/mol. The van der Waals surface area contributed by atoms with Gasteiger partial charge in [0.25, 0.3) is 5.56 Å². The zero-order valence-electron chi connectivity index (χ0n) is 20.1. The van der Waals surface area contributed by atoms with Crippen LogP contribution in [0.25, 0.3) is 0 Å².